The van der Waals surface area contributed by atoms with E-state index in [9.17, 15) is 19.8 Å². The summed E-state index contributed by atoms with van der Waals surface area (Å²) in [6.07, 6.45) is 6.38. The lowest BCUT2D eigenvalue weighted by Gasteiger charge is -2.50. The molecule has 2 spiro atoms. The van der Waals surface area contributed by atoms with Crippen molar-refractivity contribution in [3.63, 3.8) is 0 Å². The van der Waals surface area contributed by atoms with Gasteiger partial charge in [0.05, 0.1) is 23.5 Å². The Bertz CT molecular complexity index is 669. The van der Waals surface area contributed by atoms with Gasteiger partial charge in [0.2, 0.25) is 0 Å². The SMILES string of the molecule is C[C@@]12CCC[C@@](C)(C(=O)O)C1C(C(=O)O)[C@@]13C[C@@H](CCC21)[C@@]1(CO1)C3. The van der Waals surface area contributed by atoms with E-state index in [0.29, 0.717) is 18.3 Å². The quantitative estimate of drug-likeness (QED) is 0.749. The molecule has 2 N–H and O–H groups in total. The van der Waals surface area contributed by atoms with Gasteiger partial charge in [-0.25, -0.2) is 0 Å². The minimum absolute atomic E-state index is 0.0775. The number of hydrogen-bond acceptors (Lipinski definition) is 3. The van der Waals surface area contributed by atoms with Crippen molar-refractivity contribution in [2.75, 3.05) is 6.61 Å². The van der Waals surface area contributed by atoms with Crippen LogP contribution in [0.5, 0.6) is 0 Å². The van der Waals surface area contributed by atoms with Crippen LogP contribution in [-0.4, -0.2) is 34.4 Å². The fourth-order valence-electron chi connectivity index (χ4n) is 8.55. The second kappa shape index (κ2) is 4.41. The summed E-state index contributed by atoms with van der Waals surface area (Å²) in [4.78, 5) is 24.8. The number of rotatable bonds is 2. The van der Waals surface area contributed by atoms with Crippen molar-refractivity contribution in [1.29, 1.82) is 0 Å². The standard InChI is InChI=1S/C20H28O5/c1-17-6-3-7-18(2,16(23)24)14(17)13(15(21)22)19-8-11(4-5-12(17)19)20(9-19)10-25-20/h11-14H,3-10H2,1-2H3,(H,21,22)(H,23,24)/t11-,12?,13?,14?,17+,18-,19-,20+/m1/s1. The first-order valence-corrected chi connectivity index (χ1v) is 9.80. The van der Waals surface area contributed by atoms with E-state index in [1.807, 2.05) is 6.92 Å². The lowest BCUT2D eigenvalue weighted by molar-refractivity contribution is -0.166. The minimum Gasteiger partial charge on any atom is -0.481 e. The molecule has 5 aliphatic rings. The minimum atomic E-state index is -0.933. The van der Waals surface area contributed by atoms with Crippen molar-refractivity contribution in [3.8, 4) is 0 Å². The summed E-state index contributed by atoms with van der Waals surface area (Å²) in [6, 6.07) is 0. The van der Waals surface area contributed by atoms with E-state index in [1.54, 1.807) is 0 Å². The van der Waals surface area contributed by atoms with Gasteiger partial charge in [-0.05, 0) is 74.0 Å². The van der Waals surface area contributed by atoms with Gasteiger partial charge in [0.1, 0.15) is 0 Å². The third-order valence-corrected chi connectivity index (χ3v) is 9.32. The number of carboxylic acids is 2. The molecule has 1 aliphatic heterocycles. The van der Waals surface area contributed by atoms with Gasteiger partial charge in [-0.15, -0.1) is 0 Å². The van der Waals surface area contributed by atoms with Crippen LogP contribution in [0.15, 0.2) is 0 Å². The second-order valence-corrected chi connectivity index (χ2v) is 10.2. The molecule has 5 heteroatoms. The van der Waals surface area contributed by atoms with Gasteiger partial charge in [-0.1, -0.05) is 13.3 Å². The number of epoxide rings is 1. The zero-order valence-electron chi connectivity index (χ0n) is 15.1. The molecule has 2 bridgehead atoms. The van der Waals surface area contributed by atoms with E-state index in [4.69, 9.17) is 4.74 Å². The van der Waals surface area contributed by atoms with E-state index in [2.05, 4.69) is 6.92 Å². The lowest BCUT2D eigenvalue weighted by atomic mass is 9.53. The summed E-state index contributed by atoms with van der Waals surface area (Å²) in [5.74, 6) is -1.60. The van der Waals surface area contributed by atoms with Crippen molar-refractivity contribution in [2.24, 2.45) is 39.9 Å². The Morgan fingerprint density at radius 3 is 2.44 bits per heavy atom. The van der Waals surface area contributed by atoms with Crippen LogP contribution in [0.1, 0.15) is 58.8 Å². The summed E-state index contributed by atoms with van der Waals surface area (Å²) in [7, 11) is 0. The third-order valence-electron chi connectivity index (χ3n) is 9.32. The number of ether oxygens (including phenoxy) is 1. The van der Waals surface area contributed by atoms with Crippen LogP contribution in [0, 0.1) is 39.9 Å². The molecule has 8 atom stereocenters. The molecule has 1 heterocycles. The largest absolute Gasteiger partial charge is 0.481 e. The average molecular weight is 348 g/mol. The molecule has 5 fully saturated rings. The number of carbonyl (C=O) groups is 2. The molecule has 4 saturated carbocycles. The van der Waals surface area contributed by atoms with Gasteiger partial charge in [0.25, 0.3) is 0 Å². The molecule has 4 aliphatic carbocycles. The fourth-order valence-corrected chi connectivity index (χ4v) is 8.55. The smallest absolute Gasteiger partial charge is 0.309 e. The summed E-state index contributed by atoms with van der Waals surface area (Å²) >= 11 is 0. The Hall–Kier alpha value is -1.10. The Balaban J connectivity index is 1.70. The molecule has 3 unspecified atom stereocenters. The summed E-state index contributed by atoms with van der Waals surface area (Å²) in [5.41, 5.74) is -1.45. The molecule has 5 rings (SSSR count). The summed E-state index contributed by atoms with van der Waals surface area (Å²) in [5, 5.41) is 20.3. The molecule has 0 aromatic heterocycles. The highest BCUT2D eigenvalue weighted by Gasteiger charge is 2.79. The topological polar surface area (TPSA) is 87.1 Å². The average Bonchev–Trinajstić information content (AvgIpc) is 3.20. The lowest BCUT2D eigenvalue weighted by Crippen LogP contribution is -2.50. The molecule has 0 radical (unpaired) electrons. The van der Waals surface area contributed by atoms with E-state index in [0.717, 1.165) is 45.1 Å². The zero-order valence-corrected chi connectivity index (χ0v) is 15.1. The van der Waals surface area contributed by atoms with Crippen LogP contribution < -0.4 is 0 Å². The van der Waals surface area contributed by atoms with Gasteiger partial charge in [0, 0.05) is 0 Å². The first-order valence-electron chi connectivity index (χ1n) is 9.80. The highest BCUT2D eigenvalue weighted by Crippen LogP contribution is 2.79. The van der Waals surface area contributed by atoms with Crippen molar-refractivity contribution >= 4 is 11.9 Å². The van der Waals surface area contributed by atoms with Crippen LogP contribution >= 0.6 is 0 Å². The maximum atomic E-state index is 12.5. The Labute approximate surface area is 148 Å². The predicted molar refractivity (Wildman–Crippen MR) is 88.9 cm³/mol. The first kappa shape index (κ1) is 16.1. The molecule has 138 valence electrons. The zero-order chi connectivity index (χ0) is 17.8. The first-order chi connectivity index (χ1) is 11.7. The number of carboxylic acid groups (broad SMARTS) is 2. The molecular formula is C20H28O5. The second-order valence-electron chi connectivity index (χ2n) is 10.2. The van der Waals surface area contributed by atoms with Gasteiger partial charge < -0.3 is 14.9 Å². The Kier molecular flexibility index (Phi) is 2.84. The van der Waals surface area contributed by atoms with Crippen LogP contribution in [0.25, 0.3) is 0 Å². The summed E-state index contributed by atoms with van der Waals surface area (Å²) < 4.78 is 5.88. The normalized spacial score (nSPS) is 58.6. The number of fused-ring (bicyclic) bond motifs is 4. The van der Waals surface area contributed by atoms with Crippen molar-refractivity contribution in [2.45, 2.75) is 64.4 Å². The Morgan fingerprint density at radius 2 is 1.84 bits per heavy atom. The molecule has 5 nitrogen and oxygen atoms in total. The number of hydrogen-bond donors (Lipinski definition) is 2. The molecular weight excluding hydrogens is 320 g/mol. The van der Waals surface area contributed by atoms with E-state index >= 15 is 0 Å². The predicted octanol–water partition coefficient (Wildman–Crippen LogP) is 3.17. The number of aliphatic carboxylic acids is 2. The van der Waals surface area contributed by atoms with Crippen LogP contribution in [0.4, 0.5) is 0 Å². The molecule has 0 amide bonds. The van der Waals surface area contributed by atoms with Crippen molar-refractivity contribution in [1.82, 2.24) is 0 Å². The van der Waals surface area contributed by atoms with E-state index < -0.39 is 23.3 Å². The van der Waals surface area contributed by atoms with Gasteiger partial charge >= 0.3 is 11.9 Å². The van der Waals surface area contributed by atoms with Gasteiger partial charge in [-0.3, -0.25) is 9.59 Å². The fraction of sp³-hybridized carbons (Fsp3) is 0.900. The van der Waals surface area contributed by atoms with E-state index in [-0.39, 0.29) is 22.3 Å². The van der Waals surface area contributed by atoms with Crippen molar-refractivity contribution < 1.29 is 24.5 Å². The van der Waals surface area contributed by atoms with Crippen LogP contribution in [-0.2, 0) is 14.3 Å². The summed E-state index contributed by atoms with van der Waals surface area (Å²) in [6.45, 7) is 4.81. The van der Waals surface area contributed by atoms with Crippen molar-refractivity contribution in [3.05, 3.63) is 0 Å². The highest BCUT2D eigenvalue weighted by atomic mass is 16.6. The molecule has 1 saturated heterocycles. The van der Waals surface area contributed by atoms with E-state index in [1.165, 1.54) is 0 Å². The third kappa shape index (κ3) is 1.65. The monoisotopic (exact) mass is 348 g/mol. The molecule has 0 aromatic carbocycles. The maximum Gasteiger partial charge on any atom is 0.309 e. The Morgan fingerprint density at radius 1 is 1.12 bits per heavy atom. The highest BCUT2D eigenvalue weighted by molar-refractivity contribution is 5.79. The molecule has 25 heavy (non-hydrogen) atoms. The van der Waals surface area contributed by atoms with Gasteiger partial charge in [0.15, 0.2) is 0 Å². The van der Waals surface area contributed by atoms with Crippen LogP contribution in [0.2, 0.25) is 0 Å². The van der Waals surface area contributed by atoms with Gasteiger partial charge in [-0.2, -0.15) is 0 Å². The maximum absolute atomic E-state index is 12.5. The van der Waals surface area contributed by atoms with Crippen LogP contribution in [0.3, 0.4) is 0 Å². The molecule has 0 aromatic rings.